The largest absolute Gasteiger partial charge is 0.495 e. The lowest BCUT2D eigenvalue weighted by Crippen LogP contribution is -2.21. The smallest absolute Gasteiger partial charge is 0.333 e. The number of hydrogen-bond donors (Lipinski definition) is 1. The highest BCUT2D eigenvalue weighted by atomic mass is 16.5. The van der Waals surface area contributed by atoms with Crippen LogP contribution in [0.3, 0.4) is 0 Å². The number of nitrogens with zero attached hydrogens (tertiary/aromatic N) is 3. The van der Waals surface area contributed by atoms with Crippen molar-refractivity contribution in [3.05, 3.63) is 89.1 Å². The van der Waals surface area contributed by atoms with Crippen LogP contribution in [-0.4, -0.2) is 26.2 Å². The molecule has 154 valence electrons. The Morgan fingerprint density at radius 2 is 1.77 bits per heavy atom. The molecule has 0 radical (unpaired) electrons. The van der Waals surface area contributed by atoms with Crippen molar-refractivity contribution in [3.63, 3.8) is 0 Å². The monoisotopic (exact) mass is 410 g/mol. The van der Waals surface area contributed by atoms with E-state index in [0.717, 1.165) is 39.2 Å². The van der Waals surface area contributed by atoms with Gasteiger partial charge in [0.25, 0.3) is 0 Å². The Hall–Kier alpha value is -4.06. The van der Waals surface area contributed by atoms with Crippen molar-refractivity contribution in [1.29, 1.82) is 0 Å². The van der Waals surface area contributed by atoms with Crippen molar-refractivity contribution in [1.82, 2.24) is 19.1 Å². The molecule has 0 aliphatic carbocycles. The molecular weight excluding hydrogens is 388 g/mol. The van der Waals surface area contributed by atoms with Gasteiger partial charge in [-0.2, -0.15) is 0 Å². The SMILES string of the molecule is COc1ccccc1-n1c(=O)n(C)c2cc(-c3[nH]cnc3-c3cccc(C)c3)ccc21. The molecule has 5 rings (SSSR count). The third-order valence-electron chi connectivity index (χ3n) is 5.60. The van der Waals surface area contributed by atoms with E-state index >= 15 is 0 Å². The molecular formula is C25H22N4O2. The van der Waals surface area contributed by atoms with Crippen LogP contribution in [0.2, 0.25) is 0 Å². The predicted octanol–water partition coefficient (Wildman–Crippen LogP) is 4.70. The minimum absolute atomic E-state index is 0.125. The lowest BCUT2D eigenvalue weighted by atomic mass is 10.0. The summed E-state index contributed by atoms with van der Waals surface area (Å²) in [4.78, 5) is 21.0. The molecule has 3 aromatic carbocycles. The van der Waals surface area contributed by atoms with Crippen LogP contribution in [0.4, 0.5) is 0 Å². The van der Waals surface area contributed by atoms with E-state index in [4.69, 9.17) is 4.74 Å². The quantitative estimate of drug-likeness (QED) is 0.467. The molecule has 0 unspecified atom stereocenters. The molecule has 0 saturated heterocycles. The van der Waals surface area contributed by atoms with Gasteiger partial charge in [-0.15, -0.1) is 0 Å². The molecule has 2 aromatic heterocycles. The summed E-state index contributed by atoms with van der Waals surface area (Å²) in [6.45, 7) is 2.07. The topological polar surface area (TPSA) is 64.8 Å². The molecule has 0 fully saturated rings. The molecule has 0 atom stereocenters. The second kappa shape index (κ2) is 7.32. The van der Waals surface area contributed by atoms with Gasteiger partial charge < -0.3 is 9.72 Å². The minimum atomic E-state index is -0.125. The molecule has 0 spiro atoms. The standard InChI is InChI=1S/C25H22N4O2/c1-16-7-6-8-17(13-16)23-24(27-15-26-23)18-11-12-19-21(14-18)28(2)25(30)29(19)20-9-4-5-10-22(20)31-3/h4-15H,1-3H3,(H,26,27). The van der Waals surface area contributed by atoms with Gasteiger partial charge in [-0.05, 0) is 37.3 Å². The molecule has 0 saturated carbocycles. The zero-order valence-corrected chi connectivity index (χ0v) is 17.6. The highest BCUT2D eigenvalue weighted by Crippen LogP contribution is 2.32. The second-order valence-electron chi connectivity index (χ2n) is 7.55. The van der Waals surface area contributed by atoms with Crippen molar-refractivity contribution in [2.24, 2.45) is 7.05 Å². The lowest BCUT2D eigenvalue weighted by molar-refractivity contribution is 0.413. The number of methoxy groups -OCH3 is 1. The van der Waals surface area contributed by atoms with Gasteiger partial charge in [-0.1, -0.05) is 42.0 Å². The van der Waals surface area contributed by atoms with Crippen LogP contribution >= 0.6 is 0 Å². The van der Waals surface area contributed by atoms with E-state index in [1.807, 2.05) is 48.5 Å². The Morgan fingerprint density at radius 3 is 2.58 bits per heavy atom. The fourth-order valence-electron chi connectivity index (χ4n) is 4.07. The van der Waals surface area contributed by atoms with Gasteiger partial charge >= 0.3 is 5.69 Å². The highest BCUT2D eigenvalue weighted by molar-refractivity contribution is 5.87. The van der Waals surface area contributed by atoms with Crippen LogP contribution in [0.1, 0.15) is 5.56 Å². The second-order valence-corrected chi connectivity index (χ2v) is 7.55. The highest BCUT2D eigenvalue weighted by Gasteiger charge is 2.18. The average molecular weight is 410 g/mol. The van der Waals surface area contributed by atoms with E-state index in [1.165, 1.54) is 5.56 Å². The number of rotatable bonds is 4. The number of aryl methyl sites for hydroxylation is 2. The van der Waals surface area contributed by atoms with Gasteiger partial charge in [0.15, 0.2) is 0 Å². The maximum Gasteiger partial charge on any atom is 0.333 e. The Balaban J connectivity index is 1.70. The molecule has 0 aliphatic rings. The average Bonchev–Trinajstić information content (AvgIpc) is 3.37. The Kier molecular flexibility index (Phi) is 4.47. The predicted molar refractivity (Wildman–Crippen MR) is 123 cm³/mol. The molecule has 31 heavy (non-hydrogen) atoms. The van der Waals surface area contributed by atoms with Gasteiger partial charge in [-0.25, -0.2) is 9.78 Å². The molecule has 2 heterocycles. The van der Waals surface area contributed by atoms with E-state index in [0.29, 0.717) is 5.75 Å². The first kappa shape index (κ1) is 18.9. The zero-order valence-electron chi connectivity index (χ0n) is 17.6. The minimum Gasteiger partial charge on any atom is -0.495 e. The summed E-state index contributed by atoms with van der Waals surface area (Å²) in [6, 6.07) is 21.8. The van der Waals surface area contributed by atoms with E-state index < -0.39 is 0 Å². The molecule has 6 nitrogen and oxygen atoms in total. The third-order valence-corrected chi connectivity index (χ3v) is 5.60. The molecule has 0 bridgehead atoms. The van der Waals surface area contributed by atoms with Crippen LogP contribution in [0, 0.1) is 6.92 Å². The van der Waals surface area contributed by atoms with Gasteiger partial charge in [0.2, 0.25) is 0 Å². The summed E-state index contributed by atoms with van der Waals surface area (Å²) in [6.07, 6.45) is 1.70. The zero-order chi connectivity index (χ0) is 21.5. The van der Waals surface area contributed by atoms with Crippen molar-refractivity contribution in [3.8, 4) is 34.0 Å². The van der Waals surface area contributed by atoms with Crippen LogP contribution in [0.25, 0.3) is 39.2 Å². The fraction of sp³-hybridized carbons (Fsp3) is 0.120. The Morgan fingerprint density at radius 1 is 0.935 bits per heavy atom. The maximum absolute atomic E-state index is 13.1. The third kappa shape index (κ3) is 3.04. The van der Waals surface area contributed by atoms with Gasteiger partial charge in [-0.3, -0.25) is 9.13 Å². The fourth-order valence-corrected chi connectivity index (χ4v) is 4.07. The van der Waals surface area contributed by atoms with Crippen molar-refractivity contribution in [2.75, 3.05) is 7.11 Å². The van der Waals surface area contributed by atoms with Crippen molar-refractivity contribution < 1.29 is 4.74 Å². The van der Waals surface area contributed by atoms with Gasteiger partial charge in [0.1, 0.15) is 5.75 Å². The Labute approximate surface area is 179 Å². The van der Waals surface area contributed by atoms with Crippen LogP contribution in [0.15, 0.2) is 77.9 Å². The van der Waals surface area contributed by atoms with E-state index in [9.17, 15) is 4.79 Å². The van der Waals surface area contributed by atoms with Crippen LogP contribution in [-0.2, 0) is 7.05 Å². The first-order chi connectivity index (χ1) is 15.1. The van der Waals surface area contributed by atoms with Crippen molar-refractivity contribution >= 4 is 11.0 Å². The number of nitrogens with one attached hydrogen (secondary N) is 1. The maximum atomic E-state index is 13.1. The Bertz CT molecular complexity index is 1470. The molecule has 6 heteroatoms. The summed E-state index contributed by atoms with van der Waals surface area (Å²) < 4.78 is 8.84. The van der Waals surface area contributed by atoms with E-state index in [2.05, 4.69) is 35.1 Å². The number of imidazole rings is 2. The van der Waals surface area contributed by atoms with Gasteiger partial charge in [0.05, 0.1) is 41.5 Å². The first-order valence-corrected chi connectivity index (χ1v) is 10.0. The number of hydrogen-bond acceptors (Lipinski definition) is 3. The summed E-state index contributed by atoms with van der Waals surface area (Å²) in [5, 5.41) is 0. The number of H-pyrrole nitrogens is 1. The van der Waals surface area contributed by atoms with Crippen LogP contribution in [0.5, 0.6) is 5.75 Å². The first-order valence-electron chi connectivity index (χ1n) is 10.0. The summed E-state index contributed by atoms with van der Waals surface area (Å²) in [7, 11) is 3.40. The lowest BCUT2D eigenvalue weighted by Gasteiger charge is -2.09. The number of ether oxygens (including phenoxy) is 1. The summed E-state index contributed by atoms with van der Waals surface area (Å²) in [5.41, 5.74) is 7.25. The number of fused-ring (bicyclic) bond motifs is 1. The van der Waals surface area contributed by atoms with Crippen molar-refractivity contribution in [2.45, 2.75) is 6.92 Å². The number of aromatic amines is 1. The number of benzene rings is 3. The summed E-state index contributed by atoms with van der Waals surface area (Å²) >= 11 is 0. The normalized spacial score (nSPS) is 11.2. The van der Waals surface area contributed by atoms with E-state index in [-0.39, 0.29) is 5.69 Å². The molecule has 0 aliphatic heterocycles. The number of aromatic nitrogens is 4. The molecule has 1 N–H and O–H groups in total. The van der Waals surface area contributed by atoms with Crippen LogP contribution < -0.4 is 10.4 Å². The molecule has 0 amide bonds. The number of para-hydroxylation sites is 2. The molecule has 5 aromatic rings. The van der Waals surface area contributed by atoms with Gasteiger partial charge in [0, 0.05) is 18.2 Å². The summed E-state index contributed by atoms with van der Waals surface area (Å²) in [5.74, 6) is 0.650. The van der Waals surface area contributed by atoms with E-state index in [1.54, 1.807) is 29.6 Å².